The van der Waals surface area contributed by atoms with Crippen molar-refractivity contribution >= 4 is 20.5 Å². The third kappa shape index (κ3) is 6.16. The summed E-state index contributed by atoms with van der Waals surface area (Å²) in [4.78, 5) is 0. The van der Waals surface area contributed by atoms with Gasteiger partial charge in [-0.3, -0.25) is 0 Å². The van der Waals surface area contributed by atoms with Gasteiger partial charge in [0.2, 0.25) is 0 Å². The quantitative estimate of drug-likeness (QED) is 0.432. The molecule has 2 aliphatic rings. The molecule has 0 N–H and O–H groups in total. The summed E-state index contributed by atoms with van der Waals surface area (Å²) >= 11 is -0.0628. The Morgan fingerprint density at radius 2 is 0.879 bits per heavy atom. The molecule has 0 saturated heterocycles. The maximum Gasteiger partial charge on any atom is -0.0238 e. The van der Waals surface area contributed by atoms with E-state index in [1.807, 2.05) is 7.76 Å². The standard InChI is InChI=1S/C14H14.2C8H13Si.Ti/c1-3-7-13(8-4-1)11-12-14-9-5-2-6-10-14;2*1-5-4-8(9)7(3)6(5)2;/h1-10H,11-12H2;2*8H,1-3,9H3;. The number of aryl methyl sites for hydroxylation is 2. The number of hydrogen-bond acceptors (Lipinski definition) is 0. The number of hydrogen-bond donors (Lipinski definition) is 0. The first-order chi connectivity index (χ1) is 15.7. The summed E-state index contributed by atoms with van der Waals surface area (Å²) in [5.41, 5.74) is 14.3. The van der Waals surface area contributed by atoms with Crippen molar-refractivity contribution in [1.82, 2.24) is 0 Å². The second-order valence-corrected chi connectivity index (χ2v) is 14.1. The Balaban J connectivity index is 0.000000194. The molecule has 4 rings (SSSR count). The van der Waals surface area contributed by atoms with Gasteiger partial charge in [0.15, 0.2) is 0 Å². The molecule has 0 aromatic heterocycles. The Bertz CT molecular complexity index is 1020. The average Bonchev–Trinajstić information content (AvgIpc) is 3.14. The van der Waals surface area contributed by atoms with Gasteiger partial charge < -0.3 is 0 Å². The van der Waals surface area contributed by atoms with E-state index in [9.17, 15) is 0 Å². The van der Waals surface area contributed by atoms with Crippen LogP contribution in [0.4, 0.5) is 0 Å². The van der Waals surface area contributed by atoms with E-state index in [4.69, 9.17) is 0 Å². The minimum atomic E-state index is -0.0628. The predicted octanol–water partition coefficient (Wildman–Crippen LogP) is 6.10. The first-order valence-corrected chi connectivity index (χ1v) is 16.2. The van der Waals surface area contributed by atoms with E-state index in [0.717, 1.165) is 23.9 Å². The van der Waals surface area contributed by atoms with Crippen molar-refractivity contribution < 1.29 is 19.2 Å². The van der Waals surface area contributed by atoms with Gasteiger partial charge in [0, 0.05) is 0 Å². The third-order valence-corrected chi connectivity index (χ3v) is 16.0. The van der Waals surface area contributed by atoms with Crippen LogP contribution in [0.5, 0.6) is 0 Å². The fraction of sp³-hybridized carbons (Fsp3) is 0.333. The van der Waals surface area contributed by atoms with E-state index < -0.39 is 0 Å². The summed E-state index contributed by atoms with van der Waals surface area (Å²) in [6.45, 7) is 14.1. The van der Waals surface area contributed by atoms with E-state index in [0.29, 0.717) is 0 Å². The predicted molar refractivity (Wildman–Crippen MR) is 150 cm³/mol. The van der Waals surface area contributed by atoms with Crippen molar-refractivity contribution in [2.75, 3.05) is 0 Å². The van der Waals surface area contributed by atoms with E-state index in [1.54, 1.807) is 33.4 Å². The first-order valence-electron chi connectivity index (χ1n) is 12.3. The van der Waals surface area contributed by atoms with Crippen LogP contribution in [0.25, 0.3) is 0 Å². The van der Waals surface area contributed by atoms with Gasteiger partial charge in [-0.25, -0.2) is 0 Å². The molecule has 2 aromatic carbocycles. The van der Waals surface area contributed by atoms with Crippen LogP contribution >= 0.6 is 0 Å². The molecule has 2 aliphatic carbocycles. The van der Waals surface area contributed by atoms with Gasteiger partial charge in [0.25, 0.3) is 0 Å². The maximum atomic E-state index is 2.37. The van der Waals surface area contributed by atoms with E-state index in [2.05, 4.69) is 102 Å². The van der Waals surface area contributed by atoms with Gasteiger partial charge in [-0.1, -0.05) is 60.7 Å². The molecule has 0 fully saturated rings. The van der Waals surface area contributed by atoms with Gasteiger partial charge in [-0.15, -0.1) is 0 Å². The Morgan fingerprint density at radius 3 is 1.15 bits per heavy atom. The van der Waals surface area contributed by atoms with Gasteiger partial charge in [0.1, 0.15) is 0 Å². The zero-order chi connectivity index (χ0) is 24.1. The summed E-state index contributed by atoms with van der Waals surface area (Å²) in [6.07, 6.45) is 2.26. The molecule has 0 heterocycles. The Labute approximate surface area is 217 Å². The molecule has 0 radical (unpaired) electrons. The van der Waals surface area contributed by atoms with Gasteiger partial charge in [-0.2, -0.15) is 0 Å². The molecule has 0 aliphatic heterocycles. The summed E-state index contributed by atoms with van der Waals surface area (Å²) in [6, 6.07) is 21.2. The fourth-order valence-corrected chi connectivity index (χ4v) is 10.8. The monoisotopic (exact) mass is 504 g/mol. The van der Waals surface area contributed by atoms with Crippen molar-refractivity contribution in [3.8, 4) is 0 Å². The van der Waals surface area contributed by atoms with Crippen molar-refractivity contribution in [1.29, 1.82) is 0 Å². The molecule has 3 heteroatoms. The average molecular weight is 505 g/mol. The van der Waals surface area contributed by atoms with E-state index in [1.165, 1.54) is 31.6 Å². The minimum absolute atomic E-state index is 0.0628. The van der Waals surface area contributed by atoms with Crippen LogP contribution in [0.1, 0.15) is 52.7 Å². The van der Waals surface area contributed by atoms with Crippen molar-refractivity contribution in [3.05, 3.63) is 113 Å². The Morgan fingerprint density at radius 1 is 0.545 bits per heavy atom. The molecular formula is C30H40Si2Ti. The van der Waals surface area contributed by atoms with E-state index in [-0.39, 0.29) is 19.2 Å². The zero-order valence-corrected chi connectivity index (χ0v) is 27.4. The second kappa shape index (κ2) is 11.8. The smallest absolute Gasteiger partial charge is 0.0238 e. The molecule has 2 aromatic rings. The summed E-state index contributed by atoms with van der Waals surface area (Å²) < 4.78 is 3.72. The SMILES string of the molecule is CC1=C(C)C([SiH3])[C]([Ti][C]2=C(C)C(C)=C(C)C2[SiH3])=C1C.c1ccc(CCc2ccccc2)cc1. The van der Waals surface area contributed by atoms with Crippen molar-refractivity contribution in [2.24, 2.45) is 0 Å². The van der Waals surface area contributed by atoms with Gasteiger partial charge in [-0.05, 0) is 24.0 Å². The minimum Gasteiger partial charge on any atom is -0.0622 e. The van der Waals surface area contributed by atoms with Crippen LogP contribution in [0.3, 0.4) is 0 Å². The molecular weight excluding hydrogens is 464 g/mol. The number of allylic oxidation sites excluding steroid dienone is 8. The molecule has 172 valence electrons. The summed E-state index contributed by atoms with van der Waals surface area (Å²) in [5.74, 6) is 0. The fourth-order valence-electron chi connectivity index (χ4n) is 4.85. The molecule has 0 amide bonds. The van der Waals surface area contributed by atoms with Crippen LogP contribution in [0.2, 0.25) is 11.1 Å². The normalized spacial score (nSPS) is 20.7. The molecule has 0 saturated carbocycles. The van der Waals surface area contributed by atoms with Crippen LogP contribution in [-0.2, 0) is 32.0 Å². The molecule has 0 nitrogen and oxygen atoms in total. The Hall–Kier alpha value is -1.45. The largest absolute Gasteiger partial charge is 0.0622 e. The van der Waals surface area contributed by atoms with Crippen molar-refractivity contribution in [2.45, 2.75) is 65.5 Å². The van der Waals surface area contributed by atoms with Crippen LogP contribution < -0.4 is 0 Å². The first kappa shape index (κ1) is 26.2. The zero-order valence-electron chi connectivity index (χ0n) is 21.8. The number of benzene rings is 2. The van der Waals surface area contributed by atoms with Crippen LogP contribution in [0, 0.1) is 0 Å². The maximum absolute atomic E-state index is 2.37. The summed E-state index contributed by atoms with van der Waals surface area (Å²) in [7, 11) is 2.59. The number of rotatable bonds is 5. The van der Waals surface area contributed by atoms with Crippen LogP contribution in [-0.4, -0.2) is 20.5 Å². The van der Waals surface area contributed by atoms with Gasteiger partial charge >= 0.3 is 133 Å². The molecule has 2 atom stereocenters. The molecule has 2 unspecified atom stereocenters. The molecule has 33 heavy (non-hydrogen) atoms. The topological polar surface area (TPSA) is 0 Å². The van der Waals surface area contributed by atoms with Gasteiger partial charge in [0.05, 0.1) is 0 Å². The summed E-state index contributed by atoms with van der Waals surface area (Å²) in [5, 5.41) is 0. The van der Waals surface area contributed by atoms with E-state index >= 15 is 0 Å². The third-order valence-electron chi connectivity index (χ3n) is 7.94. The van der Waals surface area contributed by atoms with Crippen molar-refractivity contribution in [3.63, 3.8) is 0 Å². The molecule has 0 bridgehead atoms. The molecule has 0 spiro atoms. The van der Waals surface area contributed by atoms with Crippen LogP contribution in [0.15, 0.2) is 102 Å². The second-order valence-electron chi connectivity index (χ2n) is 9.73. The Kier molecular flexibility index (Phi) is 9.35.